The monoisotopic (exact) mass is 585 g/mol. The highest BCUT2D eigenvalue weighted by Gasteiger charge is 2.28. The van der Waals surface area contributed by atoms with Crippen molar-refractivity contribution in [3.8, 4) is 5.75 Å². The highest BCUT2D eigenvalue weighted by Crippen LogP contribution is 2.42. The van der Waals surface area contributed by atoms with Crippen molar-refractivity contribution in [2.75, 3.05) is 12.9 Å². The maximum Gasteiger partial charge on any atom is 0.298 e. The Morgan fingerprint density at radius 3 is 1.92 bits per heavy atom. The zero-order valence-corrected chi connectivity index (χ0v) is 21.3. The summed E-state index contributed by atoms with van der Waals surface area (Å²) < 4.78 is 111. The summed E-state index contributed by atoms with van der Waals surface area (Å²) in [6.45, 7) is -0.754. The molecule has 0 aliphatic carbocycles. The molecule has 38 heavy (non-hydrogen) atoms. The summed E-state index contributed by atoms with van der Waals surface area (Å²) in [7, 11) is -13.5. The van der Waals surface area contributed by atoms with Crippen LogP contribution in [0.2, 0.25) is 0 Å². The van der Waals surface area contributed by atoms with Gasteiger partial charge < -0.3 is 9.15 Å². The third-order valence-corrected chi connectivity index (χ3v) is 8.46. The topological polar surface area (TPSA) is 225 Å². The highest BCUT2D eigenvalue weighted by atomic mass is 32.2. The molecule has 3 N–H and O–H groups in total. The molecule has 0 radical (unpaired) electrons. The molecule has 5 aromatic rings. The minimum absolute atomic E-state index is 0.0110. The van der Waals surface area contributed by atoms with Gasteiger partial charge in [-0.15, -0.1) is 0 Å². The van der Waals surface area contributed by atoms with Gasteiger partial charge in [0.05, 0.1) is 18.2 Å². The maximum atomic E-state index is 13.2. The van der Waals surface area contributed by atoms with Crippen molar-refractivity contribution in [1.29, 1.82) is 0 Å². The minimum Gasteiger partial charge on any atom is -0.497 e. The van der Waals surface area contributed by atoms with Gasteiger partial charge in [0.15, 0.2) is 11.2 Å². The minimum atomic E-state index is -5.15. The van der Waals surface area contributed by atoms with Gasteiger partial charge in [-0.1, -0.05) is 6.07 Å². The molecule has 0 bridgehead atoms. The third kappa shape index (κ3) is 3.99. The lowest BCUT2D eigenvalue weighted by molar-refractivity contribution is 0.413. The molecule has 14 nitrogen and oxygen atoms in total. The number of methoxy groups -OCH3 is 1. The van der Waals surface area contributed by atoms with Crippen molar-refractivity contribution in [2.45, 2.75) is 16.3 Å². The van der Waals surface area contributed by atoms with Crippen molar-refractivity contribution < 1.29 is 48.1 Å². The molecule has 0 amide bonds. The van der Waals surface area contributed by atoms with E-state index in [0.29, 0.717) is 10.6 Å². The van der Waals surface area contributed by atoms with Gasteiger partial charge in [0.25, 0.3) is 41.5 Å². The predicted octanol–water partition coefficient (Wildman–Crippen LogP) is 1.24. The quantitative estimate of drug-likeness (QED) is 0.145. The van der Waals surface area contributed by atoms with Crippen LogP contribution < -0.4 is 15.9 Å². The summed E-state index contributed by atoms with van der Waals surface area (Å²) in [5.74, 6) is -1.03. The van der Waals surface area contributed by atoms with Gasteiger partial charge in [-0.2, -0.15) is 25.3 Å². The number of hydrogen-bond donors (Lipinski definition) is 3. The Morgan fingerprint density at radius 1 is 0.763 bits per heavy atom. The van der Waals surface area contributed by atoms with E-state index in [0.717, 1.165) is 6.07 Å². The van der Waals surface area contributed by atoms with Crippen LogP contribution >= 0.6 is 0 Å². The predicted molar refractivity (Wildman–Crippen MR) is 133 cm³/mol. The lowest BCUT2D eigenvalue weighted by Gasteiger charge is -2.16. The third-order valence-electron chi connectivity index (χ3n) is 6.04. The molecule has 0 aliphatic heterocycles. The van der Waals surface area contributed by atoms with Gasteiger partial charge in [0.2, 0.25) is 0 Å². The van der Waals surface area contributed by atoms with E-state index in [-0.39, 0.29) is 32.7 Å². The van der Waals surface area contributed by atoms with E-state index in [1.54, 1.807) is 0 Å². The summed E-state index contributed by atoms with van der Waals surface area (Å²) >= 11 is 0. The molecule has 0 atom stereocenters. The van der Waals surface area contributed by atoms with E-state index in [1.165, 1.54) is 25.3 Å². The van der Waals surface area contributed by atoms with Crippen molar-refractivity contribution in [1.82, 2.24) is 4.57 Å². The molecule has 0 spiro atoms. The Balaban J connectivity index is 2.10. The number of rotatable bonds is 6. The average Bonchev–Trinajstić information content (AvgIpc) is 2.80. The van der Waals surface area contributed by atoms with E-state index in [1.807, 2.05) is 0 Å². The number of pyridine rings is 1. The van der Waals surface area contributed by atoms with Crippen LogP contribution in [0.4, 0.5) is 0 Å². The van der Waals surface area contributed by atoms with Crippen LogP contribution in [0.15, 0.2) is 54.1 Å². The van der Waals surface area contributed by atoms with Crippen molar-refractivity contribution in [3.63, 3.8) is 0 Å². The zero-order valence-electron chi connectivity index (χ0n) is 18.9. The Morgan fingerprint density at radius 2 is 1.34 bits per heavy atom. The summed E-state index contributed by atoms with van der Waals surface area (Å²) in [5, 5.41) is -0.767. The van der Waals surface area contributed by atoms with E-state index >= 15 is 0 Å². The number of aromatic nitrogens is 1. The molecular weight excluding hydrogens is 570 g/mol. The molecule has 200 valence electrons. The molecular formula is C21H15NO13S3. The molecule has 3 aromatic carbocycles. The SMILES string of the molecule is COc1cc(S(=O)(=O)O)c2oc3c(S(=O)(=O)O)cc4c(=O)n(CCS(=O)(=O)O)c(=O)c5ccc(c2c1)c3c54. The lowest BCUT2D eigenvalue weighted by Crippen LogP contribution is -2.35. The highest BCUT2D eigenvalue weighted by molar-refractivity contribution is 7.86. The zero-order chi connectivity index (χ0) is 27.9. The van der Waals surface area contributed by atoms with Crippen molar-refractivity contribution in [2.24, 2.45) is 0 Å². The molecule has 0 saturated carbocycles. The summed E-state index contributed by atoms with van der Waals surface area (Å²) in [5.41, 5.74) is -3.19. The van der Waals surface area contributed by atoms with Crippen molar-refractivity contribution >= 4 is 73.8 Å². The van der Waals surface area contributed by atoms with Crippen LogP contribution in [-0.2, 0) is 36.9 Å². The number of hydrogen-bond acceptors (Lipinski definition) is 10. The first kappa shape index (κ1) is 26.0. The second-order valence-corrected chi connectivity index (χ2v) is 12.6. The van der Waals surface area contributed by atoms with Crippen LogP contribution in [0.3, 0.4) is 0 Å². The van der Waals surface area contributed by atoms with E-state index in [9.17, 15) is 43.9 Å². The molecule has 5 rings (SSSR count). The Kier molecular flexibility index (Phi) is 5.61. The van der Waals surface area contributed by atoms with Crippen molar-refractivity contribution in [3.05, 3.63) is 51.0 Å². The molecule has 2 heterocycles. The number of nitrogens with zero attached hydrogens (tertiary/aromatic N) is 1. The average molecular weight is 586 g/mol. The first-order valence-electron chi connectivity index (χ1n) is 10.3. The first-order chi connectivity index (χ1) is 17.5. The van der Waals surface area contributed by atoms with Gasteiger partial charge in [0, 0.05) is 34.2 Å². The van der Waals surface area contributed by atoms with Gasteiger partial charge in [-0.05, 0) is 23.6 Å². The Bertz CT molecular complexity index is 2280. The fourth-order valence-electron chi connectivity index (χ4n) is 4.46. The fourth-order valence-corrected chi connectivity index (χ4v) is 6.17. The number of fused-ring (bicyclic) bond motifs is 2. The lowest BCUT2D eigenvalue weighted by atomic mass is 9.96. The number of ether oxygens (including phenoxy) is 1. The van der Waals surface area contributed by atoms with Crippen LogP contribution in [0, 0.1) is 0 Å². The summed E-state index contributed by atoms with van der Waals surface area (Å²) in [4.78, 5) is 24.7. The summed E-state index contributed by atoms with van der Waals surface area (Å²) in [6.07, 6.45) is 0. The molecule has 17 heteroatoms. The molecule has 0 saturated heterocycles. The van der Waals surface area contributed by atoms with Crippen LogP contribution in [0.25, 0.3) is 43.5 Å². The fraction of sp³-hybridized carbons (Fsp3) is 0.143. The maximum absolute atomic E-state index is 13.2. The Hall–Kier alpha value is -3.61. The largest absolute Gasteiger partial charge is 0.497 e. The van der Waals surface area contributed by atoms with Gasteiger partial charge in [-0.3, -0.25) is 27.8 Å². The Labute approximate surface area is 212 Å². The van der Waals surface area contributed by atoms with E-state index in [2.05, 4.69) is 0 Å². The number of benzene rings is 3. The second kappa shape index (κ2) is 8.19. The molecule has 0 fully saturated rings. The van der Waals surface area contributed by atoms with E-state index in [4.69, 9.17) is 13.7 Å². The second-order valence-electron chi connectivity index (χ2n) is 8.26. The first-order valence-corrected chi connectivity index (χ1v) is 14.8. The standard InChI is InChI=1S/C21H15NO13S3/c1-34-9-6-12-10-2-3-11-16-13(21(24)22(20(11)23)4-5-36(25,26)27)8-15(38(31,32)33)19(17(10)16)35-18(12)14(7-9)37(28,29)30/h2-3,6-8H,4-5H2,1H3,(H,25,26,27)(H,28,29,30)(H,31,32,33). The van der Waals surface area contributed by atoms with Gasteiger partial charge in [0.1, 0.15) is 15.5 Å². The smallest absolute Gasteiger partial charge is 0.298 e. The molecule has 2 aromatic heterocycles. The molecule has 0 aliphatic rings. The van der Waals surface area contributed by atoms with Crippen LogP contribution in [0.1, 0.15) is 0 Å². The normalized spacial score (nSPS) is 13.3. The summed E-state index contributed by atoms with van der Waals surface area (Å²) in [6, 6.07) is 5.48. The van der Waals surface area contributed by atoms with E-state index < -0.39 is 80.1 Å². The molecule has 0 unspecified atom stereocenters. The van der Waals surface area contributed by atoms with Crippen LogP contribution in [-0.4, -0.2) is 56.3 Å². The van der Waals surface area contributed by atoms with Crippen LogP contribution in [0.5, 0.6) is 5.75 Å². The van der Waals surface area contributed by atoms with Gasteiger partial charge in [-0.25, -0.2) is 0 Å². The van der Waals surface area contributed by atoms with Gasteiger partial charge >= 0.3 is 0 Å².